The van der Waals surface area contributed by atoms with Crippen LogP contribution < -0.4 is 19.9 Å². The second kappa shape index (κ2) is 16.3. The predicted octanol–water partition coefficient (Wildman–Crippen LogP) is 4.41. The van der Waals surface area contributed by atoms with Gasteiger partial charge in [0, 0.05) is 31.9 Å². The lowest BCUT2D eigenvalue weighted by molar-refractivity contribution is -0.153. The van der Waals surface area contributed by atoms with Gasteiger partial charge in [0.1, 0.15) is 16.2 Å². The SMILES string of the molecule is N#COc1c2c(cc3c1CCC3)CCC2.NS(=O)(=O)C1CN(CC(F)(F)F)C1.O=C(Nc1c2c(cc3c1CCC3)CCC2)NS(=O)(=O)C1CN(CC(F)(F)F)C1. The number of nitriles is 1. The first-order valence-corrected chi connectivity index (χ1v) is 21.7. The largest absolute Gasteiger partial charge is 0.401 e. The van der Waals surface area contributed by atoms with E-state index in [4.69, 9.17) is 15.1 Å². The van der Waals surface area contributed by atoms with Crippen molar-refractivity contribution in [1.82, 2.24) is 14.5 Å². The fourth-order valence-corrected chi connectivity index (χ4v) is 10.6. The number of amides is 2. The summed E-state index contributed by atoms with van der Waals surface area (Å²) in [5.74, 6) is 0.903. The van der Waals surface area contributed by atoms with Crippen LogP contribution in [0.3, 0.4) is 0 Å². The Morgan fingerprint density at radius 2 is 1.11 bits per heavy atom. The Kier molecular flexibility index (Phi) is 12.2. The maximum Gasteiger partial charge on any atom is 0.401 e. The van der Waals surface area contributed by atoms with Crippen LogP contribution in [0.25, 0.3) is 0 Å². The van der Waals surface area contributed by atoms with Crippen molar-refractivity contribution in [3.05, 3.63) is 56.6 Å². The van der Waals surface area contributed by atoms with Crippen molar-refractivity contribution >= 4 is 31.8 Å². The summed E-state index contributed by atoms with van der Waals surface area (Å²) in [5.41, 5.74) is 10.7. The van der Waals surface area contributed by atoms with Gasteiger partial charge in [0.05, 0.1) is 13.1 Å². The van der Waals surface area contributed by atoms with Gasteiger partial charge in [0.15, 0.2) is 0 Å². The molecular formula is C36H44F6N6O6S2. The second-order valence-electron chi connectivity index (χ2n) is 15.2. The highest BCUT2D eigenvalue weighted by molar-refractivity contribution is 7.90. The minimum atomic E-state index is -4.37. The first kappa shape index (κ1) is 42.0. The van der Waals surface area contributed by atoms with Crippen molar-refractivity contribution in [2.75, 3.05) is 44.6 Å². The van der Waals surface area contributed by atoms with E-state index in [-0.39, 0.29) is 26.2 Å². The highest BCUT2D eigenvalue weighted by Crippen LogP contribution is 2.41. The molecule has 0 saturated carbocycles. The Morgan fingerprint density at radius 3 is 1.50 bits per heavy atom. The van der Waals surface area contributed by atoms with Crippen LogP contribution in [0.5, 0.6) is 5.75 Å². The summed E-state index contributed by atoms with van der Waals surface area (Å²) in [4.78, 5) is 14.4. The molecule has 2 amide bonds. The number of hydrogen-bond donors (Lipinski definition) is 3. The number of sulfonamides is 2. The number of carbonyl (C=O) groups is 1. The number of ether oxygens (including phenoxy) is 1. The molecule has 2 aromatic carbocycles. The van der Waals surface area contributed by atoms with Crippen molar-refractivity contribution in [2.24, 2.45) is 5.14 Å². The number of carbonyl (C=O) groups excluding carboxylic acids is 1. The number of anilines is 1. The molecule has 8 rings (SSSR count). The van der Waals surface area contributed by atoms with Gasteiger partial charge in [-0.05, 0) is 122 Å². The molecule has 0 atom stereocenters. The molecule has 4 N–H and O–H groups in total. The number of primary sulfonamides is 1. The first-order chi connectivity index (χ1) is 26.2. The number of urea groups is 1. The van der Waals surface area contributed by atoms with E-state index in [0.29, 0.717) is 0 Å². The molecule has 2 aromatic rings. The lowest BCUT2D eigenvalue weighted by Crippen LogP contribution is -2.60. The molecule has 20 heteroatoms. The van der Waals surface area contributed by atoms with E-state index in [1.165, 1.54) is 46.2 Å². The molecule has 6 aliphatic rings. The van der Waals surface area contributed by atoms with Crippen molar-refractivity contribution in [3.63, 3.8) is 0 Å². The average Bonchev–Trinajstić information content (AvgIpc) is 3.86. The summed E-state index contributed by atoms with van der Waals surface area (Å²) < 4.78 is 125. The van der Waals surface area contributed by atoms with Crippen LogP contribution in [0.4, 0.5) is 36.8 Å². The molecule has 2 saturated heterocycles. The van der Waals surface area contributed by atoms with E-state index in [2.05, 4.69) is 17.4 Å². The maximum atomic E-state index is 12.4. The van der Waals surface area contributed by atoms with Crippen molar-refractivity contribution in [1.29, 1.82) is 5.26 Å². The number of nitrogens with two attached hydrogens (primary N) is 1. The minimum Gasteiger partial charge on any atom is -0.387 e. The third-order valence-electron chi connectivity index (χ3n) is 11.1. The topological polar surface area (TPSA) is 175 Å². The van der Waals surface area contributed by atoms with Gasteiger partial charge in [-0.15, -0.1) is 5.26 Å². The van der Waals surface area contributed by atoms with Crippen LogP contribution in [-0.4, -0.2) is 94.8 Å². The zero-order valence-corrected chi connectivity index (χ0v) is 32.1. The van der Waals surface area contributed by atoms with Gasteiger partial charge in [-0.3, -0.25) is 9.80 Å². The van der Waals surface area contributed by atoms with Crippen LogP contribution in [0.15, 0.2) is 12.1 Å². The maximum absolute atomic E-state index is 12.4. The number of nitrogens with zero attached hydrogens (tertiary/aromatic N) is 3. The molecule has 0 unspecified atom stereocenters. The number of benzene rings is 2. The monoisotopic (exact) mass is 834 g/mol. The molecule has 4 aliphatic carbocycles. The number of nitrogens with one attached hydrogen (secondary N) is 2. The summed E-state index contributed by atoms with van der Waals surface area (Å²) in [6, 6.07) is 3.70. The van der Waals surface area contributed by atoms with Crippen LogP contribution in [0.2, 0.25) is 0 Å². The molecular weight excluding hydrogens is 791 g/mol. The van der Waals surface area contributed by atoms with Crippen LogP contribution in [0.1, 0.15) is 70.2 Å². The van der Waals surface area contributed by atoms with E-state index in [0.717, 1.165) is 96.6 Å². The third-order valence-corrected chi connectivity index (χ3v) is 13.9. The van der Waals surface area contributed by atoms with Crippen molar-refractivity contribution in [2.45, 2.75) is 99.9 Å². The predicted molar refractivity (Wildman–Crippen MR) is 194 cm³/mol. The molecule has 2 fully saturated rings. The Hall–Kier alpha value is -3.64. The lowest BCUT2D eigenvalue weighted by atomic mass is 9.99. The molecule has 2 aliphatic heterocycles. The zero-order valence-electron chi connectivity index (χ0n) is 30.5. The highest BCUT2D eigenvalue weighted by atomic mass is 32.2. The van der Waals surface area contributed by atoms with E-state index >= 15 is 0 Å². The van der Waals surface area contributed by atoms with E-state index in [1.807, 2.05) is 11.0 Å². The van der Waals surface area contributed by atoms with Crippen LogP contribution >= 0.6 is 0 Å². The molecule has 0 radical (unpaired) electrons. The first-order valence-electron chi connectivity index (χ1n) is 18.5. The van der Waals surface area contributed by atoms with Crippen LogP contribution in [0, 0.1) is 11.5 Å². The Labute approximate surface area is 321 Å². The number of aryl methyl sites for hydroxylation is 4. The van der Waals surface area contributed by atoms with Gasteiger partial charge in [-0.25, -0.2) is 31.5 Å². The Balaban J connectivity index is 0.000000159. The Morgan fingerprint density at radius 1 is 0.714 bits per heavy atom. The normalized spacial score (nSPS) is 19.5. The van der Waals surface area contributed by atoms with Gasteiger partial charge in [0.2, 0.25) is 20.0 Å². The number of likely N-dealkylation sites (tertiary alicyclic amines) is 2. The second-order valence-corrected chi connectivity index (χ2v) is 19.0. The third kappa shape index (κ3) is 10.1. The Bertz CT molecular complexity index is 2030. The highest BCUT2D eigenvalue weighted by Gasteiger charge is 2.43. The fraction of sp³-hybridized carbons (Fsp3) is 0.611. The lowest BCUT2D eigenvalue weighted by Gasteiger charge is -2.38. The fourth-order valence-electron chi connectivity index (χ4n) is 8.47. The number of rotatable bonds is 7. The van der Waals surface area contributed by atoms with Crippen molar-refractivity contribution < 1.29 is 52.7 Å². The summed E-state index contributed by atoms with van der Waals surface area (Å²) in [6.45, 7) is -2.94. The van der Waals surface area contributed by atoms with E-state index in [9.17, 15) is 48.0 Å². The van der Waals surface area contributed by atoms with Gasteiger partial charge in [0.25, 0.3) is 6.26 Å². The molecule has 308 valence electrons. The average molecular weight is 835 g/mol. The molecule has 0 spiro atoms. The van der Waals surface area contributed by atoms with Gasteiger partial charge >= 0.3 is 18.4 Å². The molecule has 0 bridgehead atoms. The number of halogens is 6. The number of fused-ring (bicyclic) bond motifs is 4. The summed E-state index contributed by atoms with van der Waals surface area (Å²) in [5, 5.41) is 14.3. The zero-order chi connectivity index (χ0) is 40.6. The van der Waals surface area contributed by atoms with Crippen LogP contribution in [-0.2, 0) is 71.4 Å². The van der Waals surface area contributed by atoms with Gasteiger partial charge in [-0.1, -0.05) is 12.1 Å². The molecule has 2 heterocycles. The standard InChI is InChI=1S/C18H22F3N3O3S.C13H13NO.C5H9F3N2O2S/c19-18(20,21)10-24-8-13(9-24)28(26,27)23-17(25)22-16-14-5-1-3-11(14)7-12-4-2-6-15(12)16;14-8-15-13-11-5-1-3-9(11)7-10-4-2-6-12(10)13;6-5(7,8)3-10-1-4(2-10)13(9,11)12/h7,13H,1-6,8-10H2,(H2,22,23,25);7H,1-6H2;4H,1-3H2,(H2,9,11,12). The summed E-state index contributed by atoms with van der Waals surface area (Å²) in [6.07, 6.45) is 5.71. The molecule has 12 nitrogen and oxygen atoms in total. The molecule has 56 heavy (non-hydrogen) atoms. The summed E-state index contributed by atoms with van der Waals surface area (Å²) in [7, 11) is -7.69. The van der Waals surface area contributed by atoms with Crippen molar-refractivity contribution in [3.8, 4) is 12.0 Å². The molecule has 0 aromatic heterocycles. The smallest absolute Gasteiger partial charge is 0.387 e. The van der Waals surface area contributed by atoms with Gasteiger partial charge in [-0.2, -0.15) is 26.3 Å². The number of hydrogen-bond acceptors (Lipinski definition) is 9. The van der Waals surface area contributed by atoms with Gasteiger partial charge < -0.3 is 10.1 Å². The quantitative estimate of drug-likeness (QED) is 0.270. The van der Waals surface area contributed by atoms with E-state index < -0.39 is 62.0 Å². The number of alkyl halides is 6. The van der Waals surface area contributed by atoms with E-state index in [1.54, 1.807) is 0 Å². The summed E-state index contributed by atoms with van der Waals surface area (Å²) >= 11 is 0. The minimum absolute atomic E-state index is 0.127.